The van der Waals surface area contributed by atoms with Gasteiger partial charge in [0.2, 0.25) is 0 Å². The molecular weight excluding hydrogens is 406 g/mol. The molecule has 2 atom stereocenters. The zero-order valence-electron chi connectivity index (χ0n) is 17.1. The largest absolute Gasteiger partial charge is 0.495 e. The number of alkyl halides is 1. The van der Waals surface area contributed by atoms with Crippen LogP contribution in [0.1, 0.15) is 36.4 Å². The van der Waals surface area contributed by atoms with Crippen LogP contribution in [-0.2, 0) is 6.61 Å². The van der Waals surface area contributed by atoms with Gasteiger partial charge in [-0.2, -0.15) is 5.10 Å². The molecule has 0 aromatic carbocycles. The van der Waals surface area contributed by atoms with Crippen molar-refractivity contribution in [2.75, 3.05) is 25.5 Å². The van der Waals surface area contributed by atoms with Gasteiger partial charge in [-0.05, 0) is 31.9 Å². The normalized spacial score (nSPS) is 21.4. The summed E-state index contributed by atoms with van der Waals surface area (Å²) in [6, 6.07) is 2.49. The number of piperidine rings is 1. The van der Waals surface area contributed by atoms with Crippen LogP contribution in [0.5, 0.6) is 5.75 Å². The Morgan fingerprint density at radius 1 is 1.32 bits per heavy atom. The molecule has 1 aliphatic heterocycles. The molecular formula is C21H24F2N6O2. The summed E-state index contributed by atoms with van der Waals surface area (Å²) in [6.07, 6.45) is 2.89. The number of aliphatic hydroxyl groups excluding tert-OH is 1. The highest BCUT2D eigenvalue weighted by molar-refractivity contribution is 5.64. The third kappa shape index (κ3) is 3.70. The van der Waals surface area contributed by atoms with Gasteiger partial charge in [0.25, 0.3) is 0 Å². The first-order chi connectivity index (χ1) is 15.1. The molecule has 5 rings (SSSR count). The van der Waals surface area contributed by atoms with Gasteiger partial charge in [-0.15, -0.1) is 0 Å². The lowest BCUT2D eigenvalue weighted by Crippen LogP contribution is -2.46. The standard InChI is InChI=1S/C21H24F2N6O2/c1-31-17-7-18-25-9-16(29(18)28-19(17)11-2-3-11)20-14(23)6-12(10-30)21(27-20)26-15-8-24-5-4-13(15)22/h6-7,9,11,13,15,24,30H,2-5,8,10H2,1H3,(H,26,27)/t13-,15-/m0/s1. The van der Waals surface area contributed by atoms with Gasteiger partial charge in [0.05, 0.1) is 26.0 Å². The lowest BCUT2D eigenvalue weighted by molar-refractivity contribution is 0.240. The van der Waals surface area contributed by atoms with Gasteiger partial charge in [-0.1, -0.05) is 0 Å². The topological polar surface area (TPSA) is 96.6 Å². The molecule has 2 fully saturated rings. The molecule has 8 nitrogen and oxygen atoms in total. The summed E-state index contributed by atoms with van der Waals surface area (Å²) in [6.45, 7) is 0.606. The number of aliphatic hydroxyl groups is 1. The SMILES string of the molecule is COc1cc2ncc(-c3nc(N[C@H]4CNCC[C@@H]4F)c(CO)cc3F)n2nc1C1CC1. The molecule has 0 bridgehead atoms. The number of rotatable bonds is 6. The first-order valence-corrected chi connectivity index (χ1v) is 10.4. The monoisotopic (exact) mass is 430 g/mol. The molecule has 0 spiro atoms. The van der Waals surface area contributed by atoms with Crippen LogP contribution in [0.15, 0.2) is 18.3 Å². The van der Waals surface area contributed by atoms with Crippen LogP contribution < -0.4 is 15.4 Å². The van der Waals surface area contributed by atoms with E-state index in [-0.39, 0.29) is 17.1 Å². The van der Waals surface area contributed by atoms with E-state index in [0.29, 0.717) is 42.5 Å². The fourth-order valence-corrected chi connectivity index (χ4v) is 3.97. The predicted octanol–water partition coefficient (Wildman–Crippen LogP) is 2.42. The maximum atomic E-state index is 15.0. The van der Waals surface area contributed by atoms with Crippen LogP contribution >= 0.6 is 0 Å². The van der Waals surface area contributed by atoms with Crippen molar-refractivity contribution in [2.45, 2.75) is 44.0 Å². The Kier molecular flexibility index (Phi) is 5.19. The van der Waals surface area contributed by atoms with E-state index in [1.807, 2.05) is 0 Å². The fraction of sp³-hybridized carbons (Fsp3) is 0.476. The van der Waals surface area contributed by atoms with Gasteiger partial charge in [0.1, 0.15) is 34.8 Å². The lowest BCUT2D eigenvalue weighted by Gasteiger charge is -2.28. The first kappa shape index (κ1) is 20.1. The van der Waals surface area contributed by atoms with Crippen molar-refractivity contribution >= 4 is 11.5 Å². The molecule has 1 saturated heterocycles. The van der Waals surface area contributed by atoms with Gasteiger partial charge < -0.3 is 20.5 Å². The second kappa shape index (κ2) is 8.01. The number of nitrogens with one attached hydrogen (secondary N) is 2. The van der Waals surface area contributed by atoms with E-state index in [9.17, 15) is 13.9 Å². The van der Waals surface area contributed by atoms with Crippen molar-refractivity contribution in [2.24, 2.45) is 0 Å². The Hall–Kier alpha value is -2.85. The summed E-state index contributed by atoms with van der Waals surface area (Å²) in [7, 11) is 1.59. The number of methoxy groups -OCH3 is 1. The van der Waals surface area contributed by atoms with Crippen molar-refractivity contribution < 1.29 is 18.6 Å². The quantitative estimate of drug-likeness (QED) is 0.553. The van der Waals surface area contributed by atoms with Gasteiger partial charge in [0, 0.05) is 24.1 Å². The van der Waals surface area contributed by atoms with E-state index in [2.05, 4.69) is 25.7 Å². The molecule has 0 amide bonds. The van der Waals surface area contributed by atoms with E-state index < -0.39 is 24.6 Å². The highest BCUT2D eigenvalue weighted by Gasteiger charge is 2.30. The molecule has 3 N–H and O–H groups in total. The Labute approximate surface area is 177 Å². The minimum Gasteiger partial charge on any atom is -0.495 e. The van der Waals surface area contributed by atoms with Gasteiger partial charge >= 0.3 is 0 Å². The smallest absolute Gasteiger partial charge is 0.157 e. The molecule has 1 aliphatic carbocycles. The number of anilines is 1. The second-order valence-corrected chi connectivity index (χ2v) is 8.03. The summed E-state index contributed by atoms with van der Waals surface area (Å²) < 4.78 is 36.3. The Morgan fingerprint density at radius 2 is 2.16 bits per heavy atom. The molecule has 10 heteroatoms. The molecule has 31 heavy (non-hydrogen) atoms. The van der Waals surface area contributed by atoms with E-state index in [4.69, 9.17) is 4.74 Å². The van der Waals surface area contributed by atoms with Crippen molar-refractivity contribution in [1.82, 2.24) is 24.9 Å². The van der Waals surface area contributed by atoms with Crippen molar-refractivity contribution in [3.63, 3.8) is 0 Å². The number of nitrogens with zero attached hydrogens (tertiary/aromatic N) is 4. The van der Waals surface area contributed by atoms with E-state index in [1.54, 1.807) is 17.7 Å². The molecule has 3 aromatic rings. The van der Waals surface area contributed by atoms with Crippen molar-refractivity contribution in [3.8, 4) is 17.1 Å². The zero-order chi connectivity index (χ0) is 21.5. The maximum Gasteiger partial charge on any atom is 0.157 e. The third-order valence-corrected chi connectivity index (χ3v) is 5.86. The average Bonchev–Trinajstić information content (AvgIpc) is 3.55. The van der Waals surface area contributed by atoms with E-state index in [0.717, 1.165) is 18.5 Å². The summed E-state index contributed by atoms with van der Waals surface area (Å²) in [5.41, 5.74) is 2.00. The molecule has 3 aromatic heterocycles. The fourth-order valence-electron chi connectivity index (χ4n) is 3.97. The number of ether oxygens (including phenoxy) is 1. The lowest BCUT2D eigenvalue weighted by atomic mass is 10.0. The van der Waals surface area contributed by atoms with Gasteiger partial charge in [-0.3, -0.25) is 0 Å². The Morgan fingerprint density at radius 3 is 2.87 bits per heavy atom. The van der Waals surface area contributed by atoms with Crippen molar-refractivity contribution in [3.05, 3.63) is 35.4 Å². The number of halogens is 2. The summed E-state index contributed by atoms with van der Waals surface area (Å²) in [5.74, 6) is 0.626. The zero-order valence-corrected chi connectivity index (χ0v) is 17.1. The van der Waals surface area contributed by atoms with Crippen LogP contribution in [0.3, 0.4) is 0 Å². The molecule has 2 aliphatic rings. The van der Waals surface area contributed by atoms with Gasteiger partial charge in [0.15, 0.2) is 11.5 Å². The average molecular weight is 430 g/mol. The molecule has 164 valence electrons. The number of hydrogen-bond donors (Lipinski definition) is 3. The van der Waals surface area contributed by atoms with Crippen LogP contribution in [0.2, 0.25) is 0 Å². The third-order valence-electron chi connectivity index (χ3n) is 5.86. The maximum absolute atomic E-state index is 15.0. The van der Waals surface area contributed by atoms with Crippen molar-refractivity contribution in [1.29, 1.82) is 0 Å². The van der Waals surface area contributed by atoms with Crippen LogP contribution in [0.25, 0.3) is 17.0 Å². The minimum absolute atomic E-state index is 0.0331. The number of imidazole rings is 1. The van der Waals surface area contributed by atoms with Crippen LogP contribution in [0.4, 0.5) is 14.6 Å². The van der Waals surface area contributed by atoms with E-state index >= 15 is 0 Å². The van der Waals surface area contributed by atoms with Gasteiger partial charge in [-0.25, -0.2) is 23.3 Å². The Balaban J connectivity index is 1.58. The highest BCUT2D eigenvalue weighted by Crippen LogP contribution is 2.43. The summed E-state index contributed by atoms with van der Waals surface area (Å²) in [5, 5.41) is 20.5. The summed E-state index contributed by atoms with van der Waals surface area (Å²) >= 11 is 0. The Bertz CT molecular complexity index is 1120. The molecule has 0 radical (unpaired) electrons. The highest BCUT2D eigenvalue weighted by atomic mass is 19.1. The number of aromatic nitrogens is 4. The molecule has 4 heterocycles. The minimum atomic E-state index is -1.06. The molecule has 0 unspecified atom stereocenters. The summed E-state index contributed by atoms with van der Waals surface area (Å²) in [4.78, 5) is 8.76. The molecule has 1 saturated carbocycles. The number of hydrogen-bond acceptors (Lipinski definition) is 7. The van der Waals surface area contributed by atoms with Crippen LogP contribution in [0, 0.1) is 5.82 Å². The first-order valence-electron chi connectivity index (χ1n) is 10.4. The second-order valence-electron chi connectivity index (χ2n) is 8.03. The van der Waals surface area contributed by atoms with Crippen LogP contribution in [-0.4, -0.2) is 57.1 Å². The predicted molar refractivity (Wildman–Crippen MR) is 110 cm³/mol. The number of fused-ring (bicyclic) bond motifs is 1. The number of pyridine rings is 1. The van der Waals surface area contributed by atoms with E-state index in [1.165, 1.54) is 12.3 Å².